The Morgan fingerprint density at radius 3 is 2.56 bits per heavy atom. The maximum absolute atomic E-state index is 12.6. The number of aromatic nitrogens is 1. The molecule has 1 amide bonds. The number of carbonyl (C=O) groups is 1. The van der Waals surface area contributed by atoms with Gasteiger partial charge in [0, 0.05) is 10.9 Å². The highest BCUT2D eigenvalue weighted by Gasteiger charge is 2.16. The summed E-state index contributed by atoms with van der Waals surface area (Å²) in [6.45, 7) is 4.08. The monoisotopic (exact) mass is 471 g/mol. The van der Waals surface area contributed by atoms with E-state index in [1.807, 2.05) is 56.3 Å². The zero-order chi connectivity index (χ0) is 23.8. The first-order valence-corrected chi connectivity index (χ1v) is 11.0. The van der Waals surface area contributed by atoms with Gasteiger partial charge in [-0.25, -0.2) is 4.98 Å². The van der Waals surface area contributed by atoms with Crippen molar-refractivity contribution in [1.82, 2.24) is 10.3 Å². The Morgan fingerprint density at radius 2 is 1.76 bits per heavy atom. The number of hydrogen-bond acceptors (Lipinski definition) is 6. The molecule has 5 aromatic rings. The number of nitrogens with zero attached hydrogens (tertiary/aromatic N) is 1. The Morgan fingerprint density at radius 1 is 0.971 bits per heavy atom. The lowest BCUT2D eigenvalue weighted by molar-refractivity contribution is 0.0953. The maximum Gasteiger partial charge on any atom is 0.293 e. The number of benzene rings is 3. The lowest BCUT2D eigenvalue weighted by atomic mass is 10.1. The number of nitrogens with one attached hydrogen (secondary N) is 2. The quantitative estimate of drug-likeness (QED) is 0.311. The first-order valence-electron chi connectivity index (χ1n) is 10.6. The number of para-hydroxylation sites is 1. The van der Waals surface area contributed by atoms with Gasteiger partial charge in [0.2, 0.25) is 5.89 Å². The van der Waals surface area contributed by atoms with Gasteiger partial charge in [0.1, 0.15) is 16.8 Å². The Bertz CT molecular complexity index is 1500. The van der Waals surface area contributed by atoms with Crippen LogP contribution >= 0.6 is 12.2 Å². The molecule has 0 bridgehead atoms. The molecule has 0 aliphatic rings. The fraction of sp³-hybridized carbons (Fsp3) is 0.115. The third-order valence-electron chi connectivity index (χ3n) is 5.57. The molecule has 0 aliphatic carbocycles. The van der Waals surface area contributed by atoms with E-state index in [-0.39, 0.29) is 10.9 Å². The first kappa shape index (κ1) is 21.7. The second-order valence-corrected chi connectivity index (χ2v) is 8.30. The van der Waals surface area contributed by atoms with E-state index >= 15 is 0 Å². The summed E-state index contributed by atoms with van der Waals surface area (Å²) < 4.78 is 17.0. The molecule has 0 saturated carbocycles. The van der Waals surface area contributed by atoms with Crippen molar-refractivity contribution < 1.29 is 18.4 Å². The summed E-state index contributed by atoms with van der Waals surface area (Å²) in [5, 5.41) is 6.60. The van der Waals surface area contributed by atoms with E-state index in [4.69, 9.17) is 25.8 Å². The Kier molecular flexibility index (Phi) is 5.51. The standard InChI is InChI=1S/C26H21N3O4S/c1-14-10-18-22(11-15(14)2)33-25(27-18)17-8-9-21(31-3)19(12-17)28-26(34)29-24(30)23-13-16-6-4-5-7-20(16)32-23/h4-13H,1-3H3,(H2,28,29,30,34). The van der Waals surface area contributed by atoms with Gasteiger partial charge in [-0.2, -0.15) is 0 Å². The SMILES string of the molecule is COc1ccc(-c2nc3cc(C)c(C)cc3o2)cc1NC(=S)NC(=O)c1cc2ccccc2o1. The fourth-order valence-corrected chi connectivity index (χ4v) is 3.86. The molecule has 170 valence electrons. The summed E-state index contributed by atoms with van der Waals surface area (Å²) in [5.41, 5.74) is 5.72. The van der Waals surface area contributed by atoms with Gasteiger partial charge in [-0.05, 0) is 79.7 Å². The Labute approximate surface area is 200 Å². The number of thiocarbonyl (C=S) groups is 1. The van der Waals surface area contributed by atoms with E-state index in [9.17, 15) is 4.79 Å². The number of fused-ring (bicyclic) bond motifs is 2. The molecule has 5 rings (SSSR count). The first-order chi connectivity index (χ1) is 16.4. The third kappa shape index (κ3) is 4.11. The summed E-state index contributed by atoms with van der Waals surface area (Å²) in [7, 11) is 1.56. The van der Waals surface area contributed by atoms with Crippen LogP contribution in [0.25, 0.3) is 33.5 Å². The van der Waals surface area contributed by atoms with Crippen molar-refractivity contribution in [1.29, 1.82) is 0 Å². The zero-order valence-electron chi connectivity index (χ0n) is 18.8. The highest BCUT2D eigenvalue weighted by molar-refractivity contribution is 7.80. The van der Waals surface area contributed by atoms with Crippen LogP contribution < -0.4 is 15.4 Å². The predicted octanol–water partition coefficient (Wildman–Crippen LogP) is 5.99. The summed E-state index contributed by atoms with van der Waals surface area (Å²) in [6.07, 6.45) is 0. The van der Waals surface area contributed by atoms with E-state index in [0.717, 1.165) is 33.2 Å². The van der Waals surface area contributed by atoms with Gasteiger partial charge in [0.15, 0.2) is 16.5 Å². The third-order valence-corrected chi connectivity index (χ3v) is 5.78. The van der Waals surface area contributed by atoms with E-state index in [0.29, 0.717) is 22.9 Å². The summed E-state index contributed by atoms with van der Waals surface area (Å²) in [4.78, 5) is 17.2. The number of oxazole rings is 1. The van der Waals surface area contributed by atoms with E-state index in [1.165, 1.54) is 0 Å². The van der Waals surface area contributed by atoms with Gasteiger partial charge in [-0.15, -0.1) is 0 Å². The number of amides is 1. The van der Waals surface area contributed by atoms with Crippen molar-refractivity contribution in [2.45, 2.75) is 13.8 Å². The molecule has 0 unspecified atom stereocenters. The van der Waals surface area contributed by atoms with Gasteiger partial charge < -0.3 is 18.9 Å². The number of methoxy groups -OCH3 is 1. The smallest absolute Gasteiger partial charge is 0.293 e. The number of rotatable bonds is 4. The number of furan rings is 1. The van der Waals surface area contributed by atoms with Crippen LogP contribution in [0.5, 0.6) is 5.75 Å². The van der Waals surface area contributed by atoms with Crippen molar-refractivity contribution in [2.75, 3.05) is 12.4 Å². The normalized spacial score (nSPS) is 11.0. The van der Waals surface area contributed by atoms with Crippen LogP contribution in [0.4, 0.5) is 5.69 Å². The predicted molar refractivity (Wildman–Crippen MR) is 135 cm³/mol. The molecule has 0 spiro atoms. The van der Waals surface area contributed by atoms with Crippen molar-refractivity contribution >= 4 is 51.0 Å². The lowest BCUT2D eigenvalue weighted by Gasteiger charge is -2.13. The minimum atomic E-state index is -0.450. The van der Waals surface area contributed by atoms with Crippen molar-refractivity contribution in [3.05, 3.63) is 77.6 Å². The minimum Gasteiger partial charge on any atom is -0.495 e. The number of hydrogen-bond donors (Lipinski definition) is 2. The number of anilines is 1. The van der Waals surface area contributed by atoms with Gasteiger partial charge in [0.05, 0.1) is 12.8 Å². The van der Waals surface area contributed by atoms with Crippen LogP contribution in [0.1, 0.15) is 21.7 Å². The number of carbonyl (C=O) groups excluding carboxylic acids is 1. The molecule has 0 aliphatic heterocycles. The molecule has 0 atom stereocenters. The van der Waals surface area contributed by atoms with Gasteiger partial charge in [0.25, 0.3) is 5.91 Å². The zero-order valence-corrected chi connectivity index (χ0v) is 19.6. The van der Waals surface area contributed by atoms with Crippen LogP contribution in [0.2, 0.25) is 0 Å². The average Bonchev–Trinajstić information content (AvgIpc) is 3.43. The lowest BCUT2D eigenvalue weighted by Crippen LogP contribution is -2.34. The van der Waals surface area contributed by atoms with Crippen LogP contribution in [0.15, 0.2) is 69.5 Å². The van der Waals surface area contributed by atoms with Crippen molar-refractivity contribution in [3.8, 4) is 17.2 Å². The molecule has 8 heteroatoms. The van der Waals surface area contributed by atoms with Crippen molar-refractivity contribution in [2.24, 2.45) is 0 Å². The van der Waals surface area contributed by atoms with Gasteiger partial charge in [-0.1, -0.05) is 18.2 Å². The molecular formula is C26H21N3O4S. The molecule has 0 fully saturated rings. The molecule has 2 aromatic heterocycles. The van der Waals surface area contributed by atoms with E-state index in [2.05, 4.69) is 15.6 Å². The second kappa shape index (κ2) is 8.64. The maximum atomic E-state index is 12.6. The van der Waals surface area contributed by atoms with Gasteiger partial charge in [-0.3, -0.25) is 10.1 Å². The fourth-order valence-electron chi connectivity index (χ4n) is 3.65. The highest BCUT2D eigenvalue weighted by atomic mass is 32.1. The molecule has 2 heterocycles. The van der Waals surface area contributed by atoms with E-state index in [1.54, 1.807) is 25.3 Å². The van der Waals surface area contributed by atoms with Crippen LogP contribution in [0.3, 0.4) is 0 Å². The van der Waals surface area contributed by atoms with Crippen LogP contribution in [0, 0.1) is 13.8 Å². The largest absolute Gasteiger partial charge is 0.495 e. The highest BCUT2D eigenvalue weighted by Crippen LogP contribution is 2.32. The molecule has 0 saturated heterocycles. The summed E-state index contributed by atoms with van der Waals surface area (Å²) in [5.74, 6) is 0.742. The number of ether oxygens (including phenoxy) is 1. The molecule has 34 heavy (non-hydrogen) atoms. The second-order valence-electron chi connectivity index (χ2n) is 7.89. The summed E-state index contributed by atoms with van der Waals surface area (Å²) in [6, 6.07) is 18.5. The molecule has 2 N–H and O–H groups in total. The summed E-state index contributed by atoms with van der Waals surface area (Å²) >= 11 is 5.36. The Hall–Kier alpha value is -4.17. The average molecular weight is 472 g/mol. The van der Waals surface area contributed by atoms with Gasteiger partial charge >= 0.3 is 0 Å². The molecule has 3 aromatic carbocycles. The molecule has 0 radical (unpaired) electrons. The topological polar surface area (TPSA) is 89.5 Å². The number of aryl methyl sites for hydroxylation is 2. The van der Waals surface area contributed by atoms with Crippen LogP contribution in [-0.4, -0.2) is 23.1 Å². The van der Waals surface area contributed by atoms with Crippen LogP contribution in [-0.2, 0) is 0 Å². The Balaban J connectivity index is 1.38. The molecule has 7 nitrogen and oxygen atoms in total. The van der Waals surface area contributed by atoms with E-state index < -0.39 is 5.91 Å². The minimum absolute atomic E-state index is 0.102. The van der Waals surface area contributed by atoms with Crippen molar-refractivity contribution in [3.63, 3.8) is 0 Å². The molecular weight excluding hydrogens is 450 g/mol.